The molecule has 0 atom stereocenters. The van der Waals surface area contributed by atoms with Gasteiger partial charge in [-0.15, -0.1) is 11.3 Å². The van der Waals surface area contributed by atoms with Gasteiger partial charge in [0.1, 0.15) is 10.8 Å². The average Bonchev–Trinajstić information content (AvgIpc) is 2.99. The summed E-state index contributed by atoms with van der Waals surface area (Å²) in [6, 6.07) is 6.55. The van der Waals surface area contributed by atoms with E-state index >= 15 is 0 Å². The molecular formula is C21H23NO7S. The summed E-state index contributed by atoms with van der Waals surface area (Å²) in [5.41, 5.74) is 1.59. The number of Topliss-reactive ketones (excluding diaryl/α,β-unsaturated/α-hetero) is 1. The van der Waals surface area contributed by atoms with Crippen LogP contribution in [0.1, 0.15) is 44.5 Å². The van der Waals surface area contributed by atoms with Gasteiger partial charge in [-0.25, -0.2) is 4.79 Å². The number of ether oxygens (including phenoxy) is 3. The first-order valence-electron chi connectivity index (χ1n) is 9.10. The van der Waals surface area contributed by atoms with Crippen LogP contribution in [0.25, 0.3) is 0 Å². The number of methoxy groups -OCH3 is 1. The Morgan fingerprint density at radius 1 is 1.07 bits per heavy atom. The summed E-state index contributed by atoms with van der Waals surface area (Å²) in [6.45, 7) is 4.65. The van der Waals surface area contributed by atoms with Crippen molar-refractivity contribution in [3.05, 3.63) is 45.8 Å². The quantitative estimate of drug-likeness (QED) is 0.477. The molecule has 2 rings (SSSR count). The highest BCUT2D eigenvalue weighted by molar-refractivity contribution is 7.16. The third kappa shape index (κ3) is 6.15. The highest BCUT2D eigenvalue weighted by Gasteiger charge is 2.22. The molecule has 0 aliphatic heterocycles. The molecule has 0 bridgehead atoms. The van der Waals surface area contributed by atoms with Gasteiger partial charge in [0.05, 0.1) is 25.7 Å². The van der Waals surface area contributed by atoms with Crippen LogP contribution < -0.4 is 10.1 Å². The van der Waals surface area contributed by atoms with Gasteiger partial charge in [0, 0.05) is 10.4 Å². The van der Waals surface area contributed by atoms with E-state index in [1.807, 2.05) is 6.92 Å². The Labute approximate surface area is 178 Å². The van der Waals surface area contributed by atoms with Gasteiger partial charge in [0.25, 0.3) is 5.91 Å². The monoisotopic (exact) mass is 433 g/mol. The van der Waals surface area contributed by atoms with Crippen LogP contribution in [0.4, 0.5) is 5.00 Å². The number of thiophene rings is 1. The summed E-state index contributed by atoms with van der Waals surface area (Å²) in [4.78, 5) is 47.9. The molecular weight excluding hydrogens is 410 g/mol. The van der Waals surface area contributed by atoms with E-state index in [0.717, 1.165) is 10.4 Å². The van der Waals surface area contributed by atoms with E-state index in [4.69, 9.17) is 14.2 Å². The van der Waals surface area contributed by atoms with Crippen LogP contribution >= 0.6 is 11.3 Å². The van der Waals surface area contributed by atoms with E-state index in [9.17, 15) is 19.2 Å². The molecule has 0 saturated carbocycles. The summed E-state index contributed by atoms with van der Waals surface area (Å²) in [5.74, 6) is -1.23. The van der Waals surface area contributed by atoms with Crippen LogP contribution in [-0.4, -0.2) is 44.0 Å². The van der Waals surface area contributed by atoms with Crippen molar-refractivity contribution in [3.63, 3.8) is 0 Å². The predicted octanol–water partition coefficient (Wildman–Crippen LogP) is 3.30. The summed E-state index contributed by atoms with van der Waals surface area (Å²) in [5, 5.41) is 2.94. The fourth-order valence-electron chi connectivity index (χ4n) is 2.48. The molecule has 30 heavy (non-hydrogen) atoms. The Hall–Kier alpha value is -3.20. The minimum Gasteiger partial charge on any atom is -0.493 e. The number of carbonyl (C=O) groups is 4. The van der Waals surface area contributed by atoms with E-state index in [1.54, 1.807) is 31.2 Å². The van der Waals surface area contributed by atoms with E-state index in [1.165, 1.54) is 25.4 Å². The highest BCUT2D eigenvalue weighted by Crippen LogP contribution is 2.32. The van der Waals surface area contributed by atoms with Crippen LogP contribution in [0.3, 0.4) is 0 Å². The Kier molecular flexibility index (Phi) is 8.11. The second-order valence-corrected chi connectivity index (χ2v) is 7.59. The van der Waals surface area contributed by atoms with E-state index in [0.29, 0.717) is 21.9 Å². The van der Waals surface area contributed by atoms with Gasteiger partial charge in [-0.2, -0.15) is 0 Å². The van der Waals surface area contributed by atoms with Gasteiger partial charge >= 0.3 is 11.9 Å². The molecule has 9 heteroatoms. The van der Waals surface area contributed by atoms with Crippen LogP contribution in [0.5, 0.6) is 5.75 Å². The Morgan fingerprint density at radius 3 is 2.33 bits per heavy atom. The van der Waals surface area contributed by atoms with Gasteiger partial charge in [-0.05, 0) is 50.6 Å². The lowest BCUT2D eigenvalue weighted by Crippen LogP contribution is -2.22. The molecule has 0 aliphatic rings. The van der Waals surface area contributed by atoms with Gasteiger partial charge < -0.3 is 19.5 Å². The van der Waals surface area contributed by atoms with Crippen molar-refractivity contribution in [2.45, 2.75) is 27.2 Å². The number of hydrogen-bond donors (Lipinski definition) is 1. The number of anilines is 1. The lowest BCUT2D eigenvalue weighted by atomic mass is 10.1. The zero-order chi connectivity index (χ0) is 22.3. The number of ketones is 1. The van der Waals surface area contributed by atoms with Crippen molar-refractivity contribution in [2.24, 2.45) is 0 Å². The van der Waals surface area contributed by atoms with Crippen LogP contribution in [0.15, 0.2) is 24.3 Å². The zero-order valence-electron chi connectivity index (χ0n) is 17.2. The van der Waals surface area contributed by atoms with Crippen LogP contribution in [0, 0.1) is 13.8 Å². The molecule has 0 aliphatic carbocycles. The third-order valence-electron chi connectivity index (χ3n) is 4.23. The fourth-order valence-corrected chi connectivity index (χ4v) is 3.55. The summed E-state index contributed by atoms with van der Waals surface area (Å²) >= 11 is 1.25. The number of esters is 2. The number of rotatable bonds is 9. The molecule has 1 amide bonds. The normalized spacial score (nSPS) is 10.3. The average molecular weight is 433 g/mol. The van der Waals surface area contributed by atoms with Gasteiger partial charge in [-0.3, -0.25) is 14.4 Å². The standard InChI is InChI=1S/C21H23NO7S/c1-12-14(3)30-20(19(12)21(26)27-4)22-17(24)11-29-18(25)9-10-28-16-7-5-15(6-8-16)13(2)23/h5-8H,9-11H2,1-4H3,(H,22,24). The molecule has 1 heterocycles. The summed E-state index contributed by atoms with van der Waals surface area (Å²) < 4.78 is 15.1. The maximum absolute atomic E-state index is 12.1. The molecule has 0 unspecified atom stereocenters. The van der Waals surface area contributed by atoms with Gasteiger partial charge in [-0.1, -0.05) is 0 Å². The number of aryl methyl sites for hydroxylation is 1. The van der Waals surface area contributed by atoms with Gasteiger partial charge in [0.2, 0.25) is 0 Å². The number of nitrogens with one attached hydrogen (secondary N) is 1. The molecule has 0 radical (unpaired) electrons. The fraction of sp³-hybridized carbons (Fsp3) is 0.333. The summed E-state index contributed by atoms with van der Waals surface area (Å²) in [7, 11) is 1.27. The third-order valence-corrected chi connectivity index (χ3v) is 5.35. The van der Waals surface area contributed by atoms with Crippen LogP contribution in [0.2, 0.25) is 0 Å². The van der Waals surface area contributed by atoms with Crippen molar-refractivity contribution < 1.29 is 33.4 Å². The molecule has 0 spiro atoms. The molecule has 1 N–H and O–H groups in total. The largest absolute Gasteiger partial charge is 0.493 e. The Bertz CT molecular complexity index is 947. The van der Waals surface area contributed by atoms with Gasteiger partial charge in [0.15, 0.2) is 12.4 Å². The molecule has 8 nitrogen and oxygen atoms in total. The Balaban J connectivity index is 1.78. The number of hydrogen-bond acceptors (Lipinski definition) is 8. The second kappa shape index (κ2) is 10.5. The van der Waals surface area contributed by atoms with Crippen LogP contribution in [-0.2, 0) is 19.1 Å². The molecule has 0 fully saturated rings. The minimum atomic E-state index is -0.600. The van der Waals surface area contributed by atoms with Crippen molar-refractivity contribution in [1.82, 2.24) is 0 Å². The first kappa shape index (κ1) is 23.1. The summed E-state index contributed by atoms with van der Waals surface area (Å²) in [6.07, 6.45) is -0.0492. The molecule has 0 saturated heterocycles. The SMILES string of the molecule is COC(=O)c1c(NC(=O)COC(=O)CCOc2ccc(C(C)=O)cc2)sc(C)c1C. The number of benzene rings is 1. The second-order valence-electron chi connectivity index (χ2n) is 6.37. The first-order chi connectivity index (χ1) is 14.2. The maximum atomic E-state index is 12.1. The smallest absolute Gasteiger partial charge is 0.341 e. The lowest BCUT2D eigenvalue weighted by molar-refractivity contribution is -0.147. The van der Waals surface area contributed by atoms with Crippen molar-refractivity contribution in [2.75, 3.05) is 25.6 Å². The maximum Gasteiger partial charge on any atom is 0.341 e. The first-order valence-corrected chi connectivity index (χ1v) is 9.92. The zero-order valence-corrected chi connectivity index (χ0v) is 18.0. The van der Waals surface area contributed by atoms with Crippen molar-refractivity contribution in [1.29, 1.82) is 0 Å². The van der Waals surface area contributed by atoms with E-state index in [-0.39, 0.29) is 18.8 Å². The molecule has 1 aromatic heterocycles. The molecule has 1 aromatic carbocycles. The molecule has 160 valence electrons. The minimum absolute atomic E-state index is 0.0463. The number of amides is 1. The van der Waals surface area contributed by atoms with E-state index in [2.05, 4.69) is 5.32 Å². The predicted molar refractivity (Wildman–Crippen MR) is 111 cm³/mol. The number of carbonyl (C=O) groups excluding carboxylic acids is 4. The van der Waals surface area contributed by atoms with Crippen molar-refractivity contribution >= 4 is 40.0 Å². The Morgan fingerprint density at radius 2 is 1.73 bits per heavy atom. The molecule has 2 aromatic rings. The van der Waals surface area contributed by atoms with E-state index < -0.39 is 24.5 Å². The highest BCUT2D eigenvalue weighted by atomic mass is 32.1. The topological polar surface area (TPSA) is 108 Å². The lowest BCUT2D eigenvalue weighted by Gasteiger charge is -2.08. The van der Waals surface area contributed by atoms with Crippen molar-refractivity contribution in [3.8, 4) is 5.75 Å².